The summed E-state index contributed by atoms with van der Waals surface area (Å²) in [6, 6.07) is 2.01. The highest BCUT2D eigenvalue weighted by Crippen LogP contribution is 2.36. The van der Waals surface area contributed by atoms with Crippen LogP contribution in [0.2, 0.25) is 0 Å². The average molecular weight is 343 g/mol. The van der Waals surface area contributed by atoms with Crippen molar-refractivity contribution >= 4 is 33.0 Å². The van der Waals surface area contributed by atoms with E-state index in [0.717, 1.165) is 28.1 Å². The van der Waals surface area contributed by atoms with Crippen LogP contribution in [0.4, 0.5) is 0 Å². The number of hydrogen-bond donors (Lipinski definition) is 0. The van der Waals surface area contributed by atoms with Gasteiger partial charge in [-0.25, -0.2) is 0 Å². The Kier molecular flexibility index (Phi) is 5.64. The molecule has 1 aromatic rings. The van der Waals surface area contributed by atoms with E-state index in [1.165, 1.54) is 37.0 Å². The van der Waals surface area contributed by atoms with Crippen LogP contribution in [0.25, 0.3) is 0 Å². The zero-order chi connectivity index (χ0) is 13.8. The van der Waals surface area contributed by atoms with Crippen molar-refractivity contribution in [1.82, 2.24) is 0 Å². The lowest BCUT2D eigenvalue weighted by molar-refractivity contribution is 0.0873. The van der Waals surface area contributed by atoms with Gasteiger partial charge in [-0.1, -0.05) is 26.2 Å². The van der Waals surface area contributed by atoms with E-state index >= 15 is 0 Å². The minimum atomic E-state index is 0.280. The van der Waals surface area contributed by atoms with Gasteiger partial charge in [0.25, 0.3) is 0 Å². The van der Waals surface area contributed by atoms with Gasteiger partial charge in [-0.3, -0.25) is 4.79 Å². The first-order valence-corrected chi connectivity index (χ1v) is 9.03. The molecular formula is C16H23BrOS. The van der Waals surface area contributed by atoms with Gasteiger partial charge in [0.15, 0.2) is 5.78 Å². The molecule has 2 rings (SSSR count). The second-order valence-electron chi connectivity index (χ2n) is 5.74. The number of halogens is 1. The fourth-order valence-corrected chi connectivity index (χ4v) is 4.54. The summed E-state index contributed by atoms with van der Waals surface area (Å²) in [5, 5.41) is 0. The maximum Gasteiger partial charge on any atom is 0.175 e. The number of rotatable bonds is 5. The number of Topliss-reactive ketones (excluding diaryl/α,β-unsaturated/α-hetero) is 1. The highest BCUT2D eigenvalue weighted by atomic mass is 79.9. The molecule has 0 N–H and O–H groups in total. The largest absolute Gasteiger partial charge is 0.293 e. The van der Waals surface area contributed by atoms with Gasteiger partial charge in [-0.2, -0.15) is 0 Å². The molecule has 1 saturated carbocycles. The van der Waals surface area contributed by atoms with Gasteiger partial charge < -0.3 is 0 Å². The van der Waals surface area contributed by atoms with Crippen LogP contribution in [0.3, 0.4) is 0 Å². The van der Waals surface area contributed by atoms with Gasteiger partial charge in [0.2, 0.25) is 0 Å². The van der Waals surface area contributed by atoms with Crippen molar-refractivity contribution in [2.75, 3.05) is 0 Å². The van der Waals surface area contributed by atoms with Crippen LogP contribution in [0.5, 0.6) is 0 Å². The van der Waals surface area contributed by atoms with Crippen LogP contribution in [0.1, 0.15) is 66.4 Å². The maximum absolute atomic E-state index is 12.5. The predicted octanol–water partition coefficient (Wildman–Crippen LogP) is 6.00. The first-order chi connectivity index (χ1) is 9.11. The lowest BCUT2D eigenvalue weighted by atomic mass is 9.78. The van der Waals surface area contributed by atoms with Crippen molar-refractivity contribution in [2.45, 2.75) is 58.8 Å². The second kappa shape index (κ2) is 7.03. The molecule has 0 bridgehead atoms. The number of thiophene rings is 1. The molecule has 1 heterocycles. The van der Waals surface area contributed by atoms with E-state index in [1.807, 2.05) is 6.07 Å². The monoisotopic (exact) mass is 342 g/mol. The summed E-state index contributed by atoms with van der Waals surface area (Å²) in [6.45, 7) is 4.32. The Morgan fingerprint density at radius 1 is 1.37 bits per heavy atom. The summed E-state index contributed by atoms with van der Waals surface area (Å²) in [5.74, 6) is 1.54. The fraction of sp³-hybridized carbons (Fsp3) is 0.688. The van der Waals surface area contributed by atoms with Gasteiger partial charge >= 0.3 is 0 Å². The molecule has 1 nitrogen and oxygen atoms in total. The van der Waals surface area contributed by atoms with E-state index in [1.54, 1.807) is 11.3 Å². The van der Waals surface area contributed by atoms with Crippen LogP contribution in [-0.2, 0) is 0 Å². The van der Waals surface area contributed by atoms with E-state index in [9.17, 15) is 4.79 Å². The SMILES string of the molecule is CCCCC1CCC(C(=O)c2cc(Br)c(C)s2)CC1. The average Bonchev–Trinajstić information content (AvgIpc) is 2.76. The van der Waals surface area contributed by atoms with Crippen molar-refractivity contribution < 1.29 is 4.79 Å². The smallest absolute Gasteiger partial charge is 0.175 e. The van der Waals surface area contributed by atoms with Crippen molar-refractivity contribution in [3.63, 3.8) is 0 Å². The highest BCUT2D eigenvalue weighted by Gasteiger charge is 2.27. The molecule has 0 spiro atoms. The van der Waals surface area contributed by atoms with Gasteiger partial charge in [0.1, 0.15) is 0 Å². The predicted molar refractivity (Wildman–Crippen MR) is 86.1 cm³/mol. The van der Waals surface area contributed by atoms with Crippen molar-refractivity contribution in [3.05, 3.63) is 20.3 Å². The summed E-state index contributed by atoms with van der Waals surface area (Å²) in [6.07, 6.45) is 8.70. The summed E-state index contributed by atoms with van der Waals surface area (Å²) in [5.41, 5.74) is 0. The van der Waals surface area contributed by atoms with Gasteiger partial charge in [-0.15, -0.1) is 11.3 Å². The van der Waals surface area contributed by atoms with Crippen LogP contribution in [0.15, 0.2) is 10.5 Å². The minimum absolute atomic E-state index is 0.280. The van der Waals surface area contributed by atoms with Crippen molar-refractivity contribution in [3.8, 4) is 0 Å². The van der Waals surface area contributed by atoms with E-state index in [0.29, 0.717) is 5.78 Å². The zero-order valence-corrected chi connectivity index (χ0v) is 14.3. The molecule has 1 aliphatic carbocycles. The number of carbonyl (C=O) groups is 1. The quantitative estimate of drug-likeness (QED) is 0.599. The molecule has 0 aliphatic heterocycles. The molecule has 1 aliphatic rings. The van der Waals surface area contributed by atoms with Crippen LogP contribution < -0.4 is 0 Å². The zero-order valence-electron chi connectivity index (χ0n) is 11.9. The molecule has 1 aromatic heterocycles. The summed E-state index contributed by atoms with van der Waals surface area (Å²) in [4.78, 5) is 14.6. The summed E-state index contributed by atoms with van der Waals surface area (Å²) < 4.78 is 1.08. The molecule has 0 atom stereocenters. The molecule has 0 saturated heterocycles. The third-order valence-electron chi connectivity index (χ3n) is 4.28. The Hall–Kier alpha value is -0.150. The van der Waals surface area contributed by atoms with Crippen molar-refractivity contribution in [1.29, 1.82) is 0 Å². The van der Waals surface area contributed by atoms with E-state index in [-0.39, 0.29) is 5.92 Å². The van der Waals surface area contributed by atoms with Gasteiger partial charge in [0, 0.05) is 15.3 Å². The molecule has 0 amide bonds. The topological polar surface area (TPSA) is 17.1 Å². The molecule has 0 aromatic carbocycles. The minimum Gasteiger partial charge on any atom is -0.293 e. The number of aryl methyl sites for hydroxylation is 1. The van der Waals surface area contributed by atoms with Crippen LogP contribution in [0, 0.1) is 18.8 Å². The Balaban J connectivity index is 1.89. The van der Waals surface area contributed by atoms with E-state index in [2.05, 4.69) is 29.8 Å². The molecule has 19 heavy (non-hydrogen) atoms. The lowest BCUT2D eigenvalue weighted by Gasteiger charge is -2.27. The number of ketones is 1. The summed E-state index contributed by atoms with van der Waals surface area (Å²) in [7, 11) is 0. The van der Waals surface area contributed by atoms with E-state index < -0.39 is 0 Å². The highest BCUT2D eigenvalue weighted by molar-refractivity contribution is 9.10. The van der Waals surface area contributed by atoms with Gasteiger partial charge in [-0.05, 0) is 60.5 Å². The molecule has 1 fully saturated rings. The Labute approximate surface area is 128 Å². The number of carbonyl (C=O) groups excluding carboxylic acids is 1. The molecule has 3 heteroatoms. The van der Waals surface area contributed by atoms with Crippen LogP contribution in [-0.4, -0.2) is 5.78 Å². The number of unbranched alkanes of at least 4 members (excludes halogenated alkanes) is 1. The first-order valence-electron chi connectivity index (χ1n) is 7.42. The lowest BCUT2D eigenvalue weighted by Crippen LogP contribution is -2.21. The molecular weight excluding hydrogens is 320 g/mol. The number of hydrogen-bond acceptors (Lipinski definition) is 2. The Bertz CT molecular complexity index is 410. The normalized spacial score (nSPS) is 23.5. The molecule has 106 valence electrons. The first kappa shape index (κ1) is 15.2. The third-order valence-corrected chi connectivity index (χ3v) is 6.43. The maximum atomic E-state index is 12.5. The Morgan fingerprint density at radius 3 is 2.58 bits per heavy atom. The summed E-state index contributed by atoms with van der Waals surface area (Å²) >= 11 is 5.14. The standard InChI is InChI=1S/C16H23BrOS/c1-3-4-5-12-6-8-13(9-7-12)16(18)15-10-14(17)11(2)19-15/h10,12-13H,3-9H2,1-2H3. The Morgan fingerprint density at radius 2 is 2.05 bits per heavy atom. The third kappa shape index (κ3) is 3.91. The van der Waals surface area contributed by atoms with Crippen LogP contribution >= 0.6 is 27.3 Å². The van der Waals surface area contributed by atoms with E-state index in [4.69, 9.17) is 0 Å². The van der Waals surface area contributed by atoms with Crippen molar-refractivity contribution in [2.24, 2.45) is 11.8 Å². The molecule has 0 radical (unpaired) electrons. The van der Waals surface area contributed by atoms with Gasteiger partial charge in [0.05, 0.1) is 4.88 Å². The molecule has 0 unspecified atom stereocenters. The second-order valence-corrected chi connectivity index (χ2v) is 7.85. The fourth-order valence-electron chi connectivity index (χ4n) is 2.99.